The van der Waals surface area contributed by atoms with Gasteiger partial charge in [0.05, 0.1) is 11.3 Å². The van der Waals surface area contributed by atoms with Gasteiger partial charge in [0.15, 0.2) is 9.84 Å². The number of rotatable bonds is 4. The van der Waals surface area contributed by atoms with E-state index in [2.05, 4.69) is 5.32 Å². The van der Waals surface area contributed by atoms with Crippen LogP contribution in [0.2, 0.25) is 0 Å². The molecule has 1 N–H and O–H groups in total. The Morgan fingerprint density at radius 3 is 2.59 bits per heavy atom. The minimum absolute atomic E-state index is 0.120. The van der Waals surface area contributed by atoms with E-state index in [9.17, 15) is 13.2 Å². The van der Waals surface area contributed by atoms with Crippen LogP contribution in [0, 0.1) is 0 Å². The molecule has 0 aromatic heterocycles. The number of amides is 1. The molecule has 17 heavy (non-hydrogen) atoms. The molecule has 0 bridgehead atoms. The monoisotopic (exact) mass is 281 g/mol. The Morgan fingerprint density at radius 1 is 1.47 bits per heavy atom. The summed E-state index contributed by atoms with van der Waals surface area (Å²) >= 11 is 5.80. The summed E-state index contributed by atoms with van der Waals surface area (Å²) in [4.78, 5) is 12.0. The molecule has 0 aromatic rings. The van der Waals surface area contributed by atoms with E-state index in [4.69, 9.17) is 11.6 Å². The SMILES string of the molecule is CCC(C)(CCl)NC(=O)C1CCCCS1(=O)=O. The molecule has 2 unspecified atom stereocenters. The van der Waals surface area contributed by atoms with Crippen LogP contribution >= 0.6 is 11.6 Å². The van der Waals surface area contributed by atoms with Gasteiger partial charge in [-0.15, -0.1) is 11.6 Å². The molecule has 6 heteroatoms. The molecule has 0 aliphatic carbocycles. The maximum absolute atomic E-state index is 12.0. The molecule has 1 saturated heterocycles. The summed E-state index contributed by atoms with van der Waals surface area (Å²) in [6.45, 7) is 3.74. The summed E-state index contributed by atoms with van der Waals surface area (Å²) in [5.41, 5.74) is -0.522. The average molecular weight is 282 g/mol. The minimum atomic E-state index is -3.27. The third-order valence-corrected chi connectivity index (χ3v) is 6.14. The molecular weight excluding hydrogens is 262 g/mol. The van der Waals surface area contributed by atoms with E-state index >= 15 is 0 Å². The van der Waals surface area contributed by atoms with Gasteiger partial charge in [-0.25, -0.2) is 8.42 Å². The average Bonchev–Trinajstić information content (AvgIpc) is 2.28. The van der Waals surface area contributed by atoms with Crippen LogP contribution in [0.4, 0.5) is 0 Å². The molecular formula is C11H20ClNO3S. The normalized spacial score (nSPS) is 27.1. The van der Waals surface area contributed by atoms with Crippen molar-refractivity contribution in [3.05, 3.63) is 0 Å². The van der Waals surface area contributed by atoms with Crippen LogP contribution in [0.15, 0.2) is 0 Å². The van der Waals surface area contributed by atoms with Gasteiger partial charge in [0.1, 0.15) is 5.25 Å². The third kappa shape index (κ3) is 3.58. The maximum atomic E-state index is 12.0. The highest BCUT2D eigenvalue weighted by Crippen LogP contribution is 2.21. The molecule has 2 atom stereocenters. The number of carbonyl (C=O) groups is 1. The van der Waals surface area contributed by atoms with Crippen molar-refractivity contribution in [3.8, 4) is 0 Å². The number of halogens is 1. The number of hydrogen-bond donors (Lipinski definition) is 1. The second-order valence-electron chi connectivity index (χ2n) is 4.89. The minimum Gasteiger partial charge on any atom is -0.349 e. The topological polar surface area (TPSA) is 63.2 Å². The predicted octanol–water partition coefficient (Wildman–Crippen LogP) is 1.48. The van der Waals surface area contributed by atoms with Crippen LogP contribution in [-0.4, -0.2) is 36.7 Å². The van der Waals surface area contributed by atoms with Crippen LogP contribution in [0.3, 0.4) is 0 Å². The Bertz CT molecular complexity index is 376. The van der Waals surface area contributed by atoms with E-state index in [-0.39, 0.29) is 11.6 Å². The Hall–Kier alpha value is -0.290. The molecule has 1 heterocycles. The number of nitrogens with one attached hydrogen (secondary N) is 1. The zero-order valence-corrected chi connectivity index (χ0v) is 11.9. The lowest BCUT2D eigenvalue weighted by molar-refractivity contribution is -0.122. The zero-order valence-electron chi connectivity index (χ0n) is 10.3. The van der Waals surface area contributed by atoms with Crippen molar-refractivity contribution in [2.75, 3.05) is 11.6 Å². The lowest BCUT2D eigenvalue weighted by Crippen LogP contribution is -2.53. The zero-order chi connectivity index (χ0) is 13.1. The fourth-order valence-electron chi connectivity index (χ4n) is 1.84. The standard InChI is InChI=1S/C11H20ClNO3S/c1-3-11(2,8-12)13-10(14)9-6-4-5-7-17(9,15)16/h9H,3-8H2,1-2H3,(H,13,14). The number of carbonyl (C=O) groups excluding carboxylic acids is 1. The number of sulfone groups is 1. The fraction of sp³-hybridized carbons (Fsp3) is 0.909. The van der Waals surface area contributed by atoms with Gasteiger partial charge in [0.25, 0.3) is 0 Å². The van der Waals surface area contributed by atoms with Crippen molar-refractivity contribution in [2.45, 2.75) is 50.3 Å². The van der Waals surface area contributed by atoms with E-state index in [1.165, 1.54) is 0 Å². The molecule has 0 radical (unpaired) electrons. The van der Waals surface area contributed by atoms with Crippen LogP contribution in [0.1, 0.15) is 39.5 Å². The van der Waals surface area contributed by atoms with Crippen LogP contribution in [-0.2, 0) is 14.6 Å². The summed E-state index contributed by atoms with van der Waals surface area (Å²) in [5, 5.41) is 1.88. The lowest BCUT2D eigenvalue weighted by Gasteiger charge is -2.30. The quantitative estimate of drug-likeness (QED) is 0.794. The molecule has 1 rings (SSSR count). The van der Waals surface area contributed by atoms with E-state index in [0.717, 1.165) is 6.42 Å². The first-order valence-corrected chi connectivity index (χ1v) is 8.19. The van der Waals surface area contributed by atoms with Crippen LogP contribution in [0.25, 0.3) is 0 Å². The summed E-state index contributed by atoms with van der Waals surface area (Å²) in [6, 6.07) is 0. The van der Waals surface area contributed by atoms with Crippen LogP contribution < -0.4 is 5.32 Å². The molecule has 0 saturated carbocycles. The molecule has 4 nitrogen and oxygen atoms in total. The van der Waals surface area contributed by atoms with Gasteiger partial charge in [-0.2, -0.15) is 0 Å². The van der Waals surface area contributed by atoms with Crippen molar-refractivity contribution < 1.29 is 13.2 Å². The van der Waals surface area contributed by atoms with Crippen molar-refractivity contribution in [1.29, 1.82) is 0 Å². The molecule has 1 aliphatic heterocycles. The molecule has 1 aliphatic rings. The molecule has 1 amide bonds. The highest BCUT2D eigenvalue weighted by atomic mass is 35.5. The number of hydrogen-bond acceptors (Lipinski definition) is 3. The summed E-state index contributed by atoms with van der Waals surface area (Å²) in [6.07, 6.45) is 2.55. The molecule has 0 aromatic carbocycles. The Labute approximate surface area is 108 Å². The van der Waals surface area contributed by atoms with Gasteiger partial charge < -0.3 is 5.32 Å². The van der Waals surface area contributed by atoms with Crippen molar-refractivity contribution in [3.63, 3.8) is 0 Å². The van der Waals surface area contributed by atoms with E-state index < -0.39 is 26.5 Å². The van der Waals surface area contributed by atoms with Crippen molar-refractivity contribution in [1.82, 2.24) is 5.32 Å². The van der Waals surface area contributed by atoms with E-state index in [0.29, 0.717) is 19.3 Å². The Morgan fingerprint density at radius 2 is 2.12 bits per heavy atom. The molecule has 0 spiro atoms. The highest BCUT2D eigenvalue weighted by molar-refractivity contribution is 7.92. The number of alkyl halides is 1. The second-order valence-corrected chi connectivity index (χ2v) is 7.46. The van der Waals surface area contributed by atoms with Gasteiger partial charge in [0.2, 0.25) is 5.91 Å². The molecule has 100 valence electrons. The van der Waals surface area contributed by atoms with Gasteiger partial charge in [-0.1, -0.05) is 13.3 Å². The first-order valence-electron chi connectivity index (χ1n) is 5.94. The first-order chi connectivity index (χ1) is 7.84. The van der Waals surface area contributed by atoms with Gasteiger partial charge in [-0.05, 0) is 26.2 Å². The maximum Gasteiger partial charge on any atom is 0.238 e. The Balaban J connectivity index is 2.76. The summed E-state index contributed by atoms with van der Waals surface area (Å²) in [7, 11) is -3.27. The van der Waals surface area contributed by atoms with Gasteiger partial charge in [0, 0.05) is 5.88 Å². The molecule has 1 fully saturated rings. The summed E-state index contributed by atoms with van der Waals surface area (Å²) < 4.78 is 23.6. The van der Waals surface area contributed by atoms with E-state index in [1.54, 1.807) is 0 Å². The fourth-order valence-corrected chi connectivity index (χ4v) is 3.90. The predicted molar refractivity (Wildman–Crippen MR) is 69.0 cm³/mol. The van der Waals surface area contributed by atoms with Gasteiger partial charge >= 0.3 is 0 Å². The Kier molecular flexibility index (Phi) is 4.84. The van der Waals surface area contributed by atoms with Crippen LogP contribution in [0.5, 0.6) is 0 Å². The first kappa shape index (κ1) is 14.8. The van der Waals surface area contributed by atoms with Gasteiger partial charge in [-0.3, -0.25) is 4.79 Å². The second kappa shape index (κ2) is 5.57. The van der Waals surface area contributed by atoms with Crippen molar-refractivity contribution >= 4 is 27.3 Å². The smallest absolute Gasteiger partial charge is 0.238 e. The van der Waals surface area contributed by atoms with E-state index in [1.807, 2.05) is 13.8 Å². The summed E-state index contributed by atoms with van der Waals surface area (Å²) in [5.74, 6) is 0.00582. The largest absolute Gasteiger partial charge is 0.349 e. The third-order valence-electron chi connectivity index (χ3n) is 3.37. The highest BCUT2D eigenvalue weighted by Gasteiger charge is 2.37. The lowest BCUT2D eigenvalue weighted by atomic mass is 10.0. The van der Waals surface area contributed by atoms with Crippen molar-refractivity contribution in [2.24, 2.45) is 0 Å².